The minimum absolute atomic E-state index is 0.0342. The zero-order valence-electron chi connectivity index (χ0n) is 14.7. The van der Waals surface area contributed by atoms with Crippen molar-refractivity contribution in [2.24, 2.45) is 0 Å². The van der Waals surface area contributed by atoms with Crippen LogP contribution in [0.4, 0.5) is 0 Å². The Kier molecular flexibility index (Phi) is 7.62. The second kappa shape index (κ2) is 9.98. The van der Waals surface area contributed by atoms with E-state index >= 15 is 0 Å². The monoisotopic (exact) mass is 332 g/mol. The number of ether oxygens (including phenoxy) is 2. The lowest BCUT2D eigenvalue weighted by molar-refractivity contribution is -0.120. The van der Waals surface area contributed by atoms with Gasteiger partial charge in [-0.25, -0.2) is 0 Å². The molecule has 0 unspecified atom stereocenters. The van der Waals surface area contributed by atoms with Crippen LogP contribution in [0.5, 0.6) is 11.5 Å². The van der Waals surface area contributed by atoms with Gasteiger partial charge in [0.2, 0.25) is 5.91 Å². The predicted molar refractivity (Wildman–Crippen MR) is 95.4 cm³/mol. The van der Waals surface area contributed by atoms with Crippen molar-refractivity contribution in [2.75, 3.05) is 27.3 Å². The second-order valence-corrected chi connectivity index (χ2v) is 6.00. The number of benzene rings is 1. The number of carbonyl (C=O) groups is 1. The van der Waals surface area contributed by atoms with Gasteiger partial charge in [-0.15, -0.1) is 0 Å². The Balaban J connectivity index is 1.66. The highest BCUT2D eigenvalue weighted by molar-refractivity contribution is 5.77. The van der Waals surface area contributed by atoms with Gasteiger partial charge in [-0.3, -0.25) is 4.79 Å². The van der Waals surface area contributed by atoms with Gasteiger partial charge in [-0.2, -0.15) is 0 Å². The highest BCUT2D eigenvalue weighted by atomic mass is 16.5. The molecule has 0 heterocycles. The van der Waals surface area contributed by atoms with Crippen LogP contribution in [-0.4, -0.2) is 33.2 Å². The van der Waals surface area contributed by atoms with E-state index in [2.05, 4.69) is 16.7 Å². The number of rotatable bonds is 9. The van der Waals surface area contributed by atoms with E-state index in [-0.39, 0.29) is 5.91 Å². The fraction of sp³-hybridized carbons (Fsp3) is 0.526. The third kappa shape index (κ3) is 5.89. The van der Waals surface area contributed by atoms with Gasteiger partial charge in [-0.1, -0.05) is 17.7 Å². The highest BCUT2D eigenvalue weighted by Crippen LogP contribution is 2.27. The van der Waals surface area contributed by atoms with E-state index in [1.165, 1.54) is 31.3 Å². The highest BCUT2D eigenvalue weighted by Gasteiger charge is 2.07. The average Bonchev–Trinajstić information content (AvgIpc) is 2.62. The lowest BCUT2D eigenvalue weighted by Crippen LogP contribution is -2.34. The van der Waals surface area contributed by atoms with Gasteiger partial charge in [0.1, 0.15) is 0 Å². The van der Waals surface area contributed by atoms with Crippen molar-refractivity contribution < 1.29 is 14.3 Å². The summed E-state index contributed by atoms with van der Waals surface area (Å²) < 4.78 is 10.5. The van der Waals surface area contributed by atoms with Crippen molar-refractivity contribution in [3.8, 4) is 11.5 Å². The van der Waals surface area contributed by atoms with Crippen LogP contribution in [-0.2, 0) is 11.3 Å². The fourth-order valence-corrected chi connectivity index (χ4v) is 2.87. The lowest BCUT2D eigenvalue weighted by Gasteiger charge is -2.13. The maximum atomic E-state index is 11.9. The molecule has 0 radical (unpaired) electrons. The summed E-state index contributed by atoms with van der Waals surface area (Å²) in [5.74, 6) is 1.44. The number of methoxy groups -OCH3 is 2. The van der Waals surface area contributed by atoms with Crippen molar-refractivity contribution in [3.63, 3.8) is 0 Å². The first-order valence-corrected chi connectivity index (χ1v) is 8.59. The van der Waals surface area contributed by atoms with Gasteiger partial charge in [0.05, 0.1) is 20.8 Å². The van der Waals surface area contributed by atoms with Gasteiger partial charge in [-0.05, 0) is 49.8 Å². The fourth-order valence-electron chi connectivity index (χ4n) is 2.87. The third-order valence-corrected chi connectivity index (χ3v) is 4.22. The van der Waals surface area contributed by atoms with Crippen LogP contribution >= 0.6 is 0 Å². The van der Waals surface area contributed by atoms with Gasteiger partial charge >= 0.3 is 0 Å². The van der Waals surface area contributed by atoms with Crippen molar-refractivity contribution in [1.29, 1.82) is 0 Å². The molecule has 0 saturated heterocycles. The van der Waals surface area contributed by atoms with E-state index in [1.54, 1.807) is 14.2 Å². The molecule has 5 heteroatoms. The predicted octanol–water partition coefficient (Wildman–Crippen LogP) is 2.80. The van der Waals surface area contributed by atoms with E-state index in [0.717, 1.165) is 18.5 Å². The maximum absolute atomic E-state index is 11.9. The number of hydrogen-bond acceptors (Lipinski definition) is 4. The van der Waals surface area contributed by atoms with E-state index in [9.17, 15) is 4.79 Å². The summed E-state index contributed by atoms with van der Waals surface area (Å²) in [4.78, 5) is 11.9. The minimum atomic E-state index is 0.0342. The first kappa shape index (κ1) is 18.3. The van der Waals surface area contributed by atoms with Gasteiger partial charge in [0, 0.05) is 13.1 Å². The Labute approximate surface area is 144 Å². The number of hydrogen-bond donors (Lipinski definition) is 2. The smallest absolute Gasteiger partial charge is 0.233 e. The molecule has 2 N–H and O–H groups in total. The van der Waals surface area contributed by atoms with Gasteiger partial charge < -0.3 is 20.1 Å². The average molecular weight is 332 g/mol. The Hall–Kier alpha value is -2.01. The second-order valence-electron chi connectivity index (χ2n) is 6.00. The van der Waals surface area contributed by atoms with Crippen molar-refractivity contribution in [3.05, 3.63) is 35.4 Å². The van der Waals surface area contributed by atoms with E-state index < -0.39 is 0 Å². The van der Waals surface area contributed by atoms with Crippen molar-refractivity contribution >= 4 is 5.91 Å². The summed E-state index contributed by atoms with van der Waals surface area (Å²) in [6.45, 7) is 1.65. The molecule has 1 amide bonds. The van der Waals surface area contributed by atoms with Crippen LogP contribution in [0.25, 0.3) is 0 Å². The molecule has 0 atom stereocenters. The Morgan fingerprint density at radius 1 is 1.17 bits per heavy atom. The topological polar surface area (TPSA) is 59.6 Å². The first-order chi connectivity index (χ1) is 11.7. The molecule has 2 rings (SSSR count). The summed E-state index contributed by atoms with van der Waals surface area (Å²) >= 11 is 0. The first-order valence-electron chi connectivity index (χ1n) is 8.59. The minimum Gasteiger partial charge on any atom is -0.493 e. The standard InChI is InChI=1S/C19H28N2O3/c1-23-17-9-8-16(12-18(17)24-2)13-20-14-19(22)21-11-10-15-6-4-3-5-7-15/h6,8-9,12,20H,3-5,7,10-11,13-14H2,1-2H3,(H,21,22). The van der Waals surface area contributed by atoms with Crippen LogP contribution in [0.2, 0.25) is 0 Å². The maximum Gasteiger partial charge on any atom is 0.233 e. The number of allylic oxidation sites excluding steroid dienone is 1. The number of amides is 1. The molecule has 24 heavy (non-hydrogen) atoms. The SMILES string of the molecule is COc1ccc(CNCC(=O)NCCC2=CCCCC2)cc1OC. The van der Waals surface area contributed by atoms with Crippen molar-refractivity contribution in [1.82, 2.24) is 10.6 Å². The molecule has 1 aliphatic rings. The normalized spacial score (nSPS) is 14.0. The van der Waals surface area contributed by atoms with Crippen LogP contribution in [0, 0.1) is 0 Å². The molecular formula is C19H28N2O3. The summed E-state index contributed by atoms with van der Waals surface area (Å²) in [6.07, 6.45) is 8.26. The molecule has 0 bridgehead atoms. The molecule has 1 aromatic rings. The van der Waals surface area contributed by atoms with Gasteiger partial charge in [0.25, 0.3) is 0 Å². The quantitative estimate of drug-likeness (QED) is 0.683. The summed E-state index contributed by atoms with van der Waals surface area (Å²) in [6, 6.07) is 5.74. The molecule has 0 saturated carbocycles. The largest absolute Gasteiger partial charge is 0.493 e. The van der Waals surface area contributed by atoms with E-state index in [0.29, 0.717) is 24.6 Å². The zero-order valence-corrected chi connectivity index (χ0v) is 14.7. The molecule has 0 fully saturated rings. The molecular weight excluding hydrogens is 304 g/mol. The zero-order chi connectivity index (χ0) is 17.2. The molecule has 1 aliphatic carbocycles. The van der Waals surface area contributed by atoms with Crippen LogP contribution < -0.4 is 20.1 Å². The molecule has 0 aromatic heterocycles. The molecule has 1 aromatic carbocycles. The van der Waals surface area contributed by atoms with E-state index in [4.69, 9.17) is 9.47 Å². The Morgan fingerprint density at radius 3 is 2.71 bits per heavy atom. The van der Waals surface area contributed by atoms with E-state index in [1.807, 2.05) is 18.2 Å². The lowest BCUT2D eigenvalue weighted by atomic mass is 9.97. The molecule has 5 nitrogen and oxygen atoms in total. The van der Waals surface area contributed by atoms with Crippen LogP contribution in [0.15, 0.2) is 29.8 Å². The summed E-state index contributed by atoms with van der Waals surface area (Å²) in [7, 11) is 3.23. The molecule has 0 aliphatic heterocycles. The Bertz CT molecular complexity index is 570. The Morgan fingerprint density at radius 2 is 2.00 bits per heavy atom. The third-order valence-electron chi connectivity index (χ3n) is 4.22. The van der Waals surface area contributed by atoms with Gasteiger partial charge in [0.15, 0.2) is 11.5 Å². The number of carbonyl (C=O) groups excluding carboxylic acids is 1. The summed E-state index contributed by atoms with van der Waals surface area (Å²) in [5.41, 5.74) is 2.53. The van der Waals surface area contributed by atoms with Crippen molar-refractivity contribution in [2.45, 2.75) is 38.6 Å². The molecule has 0 spiro atoms. The molecule has 132 valence electrons. The van der Waals surface area contributed by atoms with Crippen LogP contribution in [0.3, 0.4) is 0 Å². The number of nitrogens with one attached hydrogen (secondary N) is 2. The summed E-state index contributed by atoms with van der Waals surface area (Å²) in [5, 5.41) is 6.13. The van der Waals surface area contributed by atoms with Crippen LogP contribution in [0.1, 0.15) is 37.7 Å².